The Morgan fingerprint density at radius 2 is 0.850 bits per heavy atom. The highest BCUT2D eigenvalue weighted by Gasteiger charge is 2.18. The van der Waals surface area contributed by atoms with E-state index in [0.29, 0.717) is 22.5 Å². The Labute approximate surface area is 241 Å². The van der Waals surface area contributed by atoms with E-state index in [1.807, 2.05) is 48.5 Å². The van der Waals surface area contributed by atoms with Crippen molar-refractivity contribution in [2.45, 2.75) is 13.8 Å². The van der Waals surface area contributed by atoms with E-state index >= 15 is 0 Å². The summed E-state index contributed by atoms with van der Waals surface area (Å²) in [5, 5.41) is 36.6. The summed E-state index contributed by atoms with van der Waals surface area (Å²) in [5.41, 5.74) is 4.83. The van der Waals surface area contributed by atoms with Crippen LogP contribution in [-0.2, 0) is 0 Å². The Balaban J connectivity index is 0.000000220. The Morgan fingerprint density at radius 1 is 0.550 bits per heavy atom. The third kappa shape index (κ3) is 5.96. The smallest absolute Gasteiger partial charge is 0.148 e. The summed E-state index contributed by atoms with van der Waals surface area (Å²) in [7, 11) is 3.18. The van der Waals surface area contributed by atoms with Gasteiger partial charge in [-0.1, -0.05) is 23.2 Å². The molecule has 2 heterocycles. The molecular formula is C30H20Cl2N6O2. The Hall–Kier alpha value is -5.12. The fourth-order valence-corrected chi connectivity index (χ4v) is 4.28. The molecule has 4 rings (SSSR count). The van der Waals surface area contributed by atoms with Crippen LogP contribution in [0.3, 0.4) is 0 Å². The molecule has 0 radical (unpaired) electrons. The van der Waals surface area contributed by atoms with E-state index in [0.717, 1.165) is 22.6 Å². The fourth-order valence-electron chi connectivity index (χ4n) is 3.84. The monoisotopic (exact) mass is 566 g/mol. The van der Waals surface area contributed by atoms with Crippen molar-refractivity contribution in [1.82, 2.24) is 9.97 Å². The van der Waals surface area contributed by atoms with Crippen LogP contribution < -0.4 is 9.47 Å². The lowest BCUT2D eigenvalue weighted by molar-refractivity contribution is 0.415. The maximum absolute atomic E-state index is 9.20. The number of aromatic nitrogens is 2. The summed E-state index contributed by atoms with van der Waals surface area (Å²) in [4.78, 5) is 8.46. The second-order valence-electron chi connectivity index (χ2n) is 8.16. The molecule has 2 aromatic heterocycles. The summed E-state index contributed by atoms with van der Waals surface area (Å²) in [5.74, 6) is 1.46. The molecule has 0 amide bonds. The molecule has 4 aromatic rings. The Kier molecular flexibility index (Phi) is 9.64. The molecule has 2 aromatic carbocycles. The number of nitrogens with zero attached hydrogens (tertiary/aromatic N) is 6. The lowest BCUT2D eigenvalue weighted by atomic mass is 9.99. The van der Waals surface area contributed by atoms with E-state index in [2.05, 4.69) is 9.97 Å². The van der Waals surface area contributed by atoms with Crippen LogP contribution in [0.25, 0.3) is 22.5 Å². The molecule has 0 unspecified atom stereocenters. The van der Waals surface area contributed by atoms with Crippen molar-refractivity contribution in [3.05, 3.63) is 92.2 Å². The first-order valence-corrected chi connectivity index (χ1v) is 12.3. The van der Waals surface area contributed by atoms with E-state index in [-0.39, 0.29) is 32.6 Å². The number of nitriles is 4. The van der Waals surface area contributed by atoms with Gasteiger partial charge in [-0.15, -0.1) is 0 Å². The molecule has 0 aliphatic carbocycles. The fraction of sp³-hybridized carbons (Fsp3) is 0.133. The Morgan fingerprint density at radius 3 is 1.10 bits per heavy atom. The lowest BCUT2D eigenvalue weighted by Gasteiger charge is -2.10. The molecule has 0 spiro atoms. The SMILES string of the molecule is COc1ccc(-c2nc(Cl)c(C#N)c(C#N)c2C)cc1.COc1ccc(-c2nc(Cl)c(C#N)c(C#N)c2C)cc1. The van der Waals surface area contributed by atoms with Crippen molar-refractivity contribution in [1.29, 1.82) is 21.0 Å². The zero-order valence-electron chi connectivity index (χ0n) is 21.9. The molecule has 196 valence electrons. The van der Waals surface area contributed by atoms with Crippen LogP contribution in [0, 0.1) is 59.2 Å². The van der Waals surface area contributed by atoms with E-state index < -0.39 is 0 Å². The average Bonchev–Trinajstić information content (AvgIpc) is 2.99. The first-order valence-electron chi connectivity index (χ1n) is 11.5. The number of ether oxygens (including phenoxy) is 2. The zero-order valence-corrected chi connectivity index (χ0v) is 23.4. The minimum Gasteiger partial charge on any atom is -0.497 e. The van der Waals surface area contributed by atoms with Crippen molar-refractivity contribution in [2.24, 2.45) is 0 Å². The van der Waals surface area contributed by atoms with Crippen LogP contribution in [0.1, 0.15) is 33.4 Å². The first-order chi connectivity index (χ1) is 19.2. The van der Waals surface area contributed by atoms with Crippen LogP contribution in [0.4, 0.5) is 0 Å². The van der Waals surface area contributed by atoms with Gasteiger partial charge in [0.2, 0.25) is 0 Å². The normalized spacial score (nSPS) is 9.65. The van der Waals surface area contributed by atoms with Gasteiger partial charge in [0, 0.05) is 11.1 Å². The highest BCUT2D eigenvalue weighted by atomic mass is 35.5. The lowest BCUT2D eigenvalue weighted by Crippen LogP contribution is -1.98. The summed E-state index contributed by atoms with van der Waals surface area (Å²) in [6.07, 6.45) is 0. The molecule has 8 nitrogen and oxygen atoms in total. The number of hydrogen-bond donors (Lipinski definition) is 0. The van der Waals surface area contributed by atoms with Gasteiger partial charge in [-0.05, 0) is 73.5 Å². The quantitative estimate of drug-likeness (QED) is 0.242. The third-order valence-corrected chi connectivity index (χ3v) is 6.51. The van der Waals surface area contributed by atoms with Crippen molar-refractivity contribution in [3.63, 3.8) is 0 Å². The summed E-state index contributed by atoms with van der Waals surface area (Å²) >= 11 is 12.0. The third-order valence-electron chi connectivity index (χ3n) is 5.97. The molecule has 0 aliphatic rings. The van der Waals surface area contributed by atoms with E-state index in [4.69, 9.17) is 43.2 Å². The van der Waals surface area contributed by atoms with Gasteiger partial charge in [0.1, 0.15) is 57.2 Å². The number of hydrogen-bond acceptors (Lipinski definition) is 8. The molecule has 0 saturated carbocycles. The van der Waals surface area contributed by atoms with Crippen molar-refractivity contribution in [3.8, 4) is 58.3 Å². The summed E-state index contributed by atoms with van der Waals surface area (Å²) in [6.45, 7) is 3.50. The minimum atomic E-state index is 0.0421. The molecule has 0 fully saturated rings. The molecule has 0 N–H and O–H groups in total. The number of halogens is 2. The van der Waals surface area contributed by atoms with E-state index in [9.17, 15) is 10.5 Å². The number of methoxy groups -OCH3 is 2. The molecule has 0 saturated heterocycles. The second kappa shape index (κ2) is 13.1. The van der Waals surface area contributed by atoms with Gasteiger partial charge in [0.05, 0.1) is 36.7 Å². The number of rotatable bonds is 4. The van der Waals surface area contributed by atoms with Gasteiger partial charge in [0.15, 0.2) is 0 Å². The maximum atomic E-state index is 9.20. The molecule has 0 atom stereocenters. The van der Waals surface area contributed by atoms with Crippen molar-refractivity contribution in [2.75, 3.05) is 14.2 Å². The van der Waals surface area contributed by atoms with Gasteiger partial charge >= 0.3 is 0 Å². The predicted octanol–water partition coefficient (Wildman–Crippen LogP) is 6.92. The molecule has 10 heteroatoms. The van der Waals surface area contributed by atoms with E-state index in [1.165, 1.54) is 0 Å². The van der Waals surface area contributed by atoms with Crippen LogP contribution >= 0.6 is 23.2 Å². The highest BCUT2D eigenvalue weighted by Crippen LogP contribution is 2.31. The number of benzene rings is 2. The zero-order chi connectivity index (χ0) is 29.4. The molecule has 0 aliphatic heterocycles. The van der Waals surface area contributed by atoms with Crippen molar-refractivity contribution >= 4 is 23.2 Å². The van der Waals surface area contributed by atoms with Gasteiger partial charge in [0.25, 0.3) is 0 Å². The topological polar surface area (TPSA) is 139 Å². The Bertz CT molecular complexity index is 1610. The van der Waals surface area contributed by atoms with Gasteiger partial charge in [-0.2, -0.15) is 21.0 Å². The number of pyridine rings is 2. The van der Waals surface area contributed by atoms with Crippen molar-refractivity contribution < 1.29 is 9.47 Å². The second-order valence-corrected chi connectivity index (χ2v) is 8.87. The van der Waals surface area contributed by atoms with Crippen LogP contribution in [0.5, 0.6) is 11.5 Å². The highest BCUT2D eigenvalue weighted by molar-refractivity contribution is 6.31. The summed E-state index contributed by atoms with van der Waals surface area (Å²) in [6, 6.07) is 22.4. The largest absolute Gasteiger partial charge is 0.497 e. The molecule has 40 heavy (non-hydrogen) atoms. The van der Waals surface area contributed by atoms with Crippen LogP contribution in [0.15, 0.2) is 48.5 Å². The molecule has 0 bridgehead atoms. The molecular weight excluding hydrogens is 547 g/mol. The predicted molar refractivity (Wildman–Crippen MR) is 151 cm³/mol. The maximum Gasteiger partial charge on any atom is 0.148 e. The van der Waals surface area contributed by atoms with Crippen LogP contribution in [0.2, 0.25) is 10.3 Å². The standard InChI is InChI=1S/2C15H10ClN3O/c2*1-9-12(7-17)13(8-18)15(16)19-14(9)10-3-5-11(20-2)6-4-10/h2*3-6H,1-2H3. The van der Waals surface area contributed by atoms with Gasteiger partial charge in [-0.3, -0.25) is 0 Å². The summed E-state index contributed by atoms with van der Waals surface area (Å²) < 4.78 is 10.2. The first kappa shape index (κ1) is 29.4. The van der Waals surface area contributed by atoms with E-state index in [1.54, 1.807) is 52.3 Å². The van der Waals surface area contributed by atoms with Gasteiger partial charge in [-0.25, -0.2) is 9.97 Å². The van der Waals surface area contributed by atoms with Gasteiger partial charge < -0.3 is 9.47 Å². The van der Waals surface area contributed by atoms with Crippen LogP contribution in [-0.4, -0.2) is 24.2 Å². The average molecular weight is 567 g/mol. The minimum absolute atomic E-state index is 0.0421.